The SMILES string of the molecule is CC1CCCCN1S(=O)(=O)NCC1CCCC1CO. The quantitative estimate of drug-likeness (QED) is 0.797. The molecule has 0 radical (unpaired) electrons. The van der Waals surface area contributed by atoms with E-state index >= 15 is 0 Å². The van der Waals surface area contributed by atoms with Crippen LogP contribution in [0, 0.1) is 11.8 Å². The molecule has 0 aromatic rings. The summed E-state index contributed by atoms with van der Waals surface area (Å²) in [5.41, 5.74) is 0. The molecule has 5 nitrogen and oxygen atoms in total. The van der Waals surface area contributed by atoms with Crippen molar-refractivity contribution in [3.8, 4) is 0 Å². The second-order valence-electron chi connectivity index (χ2n) is 5.94. The van der Waals surface area contributed by atoms with Gasteiger partial charge < -0.3 is 5.11 Å². The van der Waals surface area contributed by atoms with Gasteiger partial charge in [-0.1, -0.05) is 12.8 Å². The first-order valence-corrected chi connectivity index (χ1v) is 8.86. The van der Waals surface area contributed by atoms with Gasteiger partial charge in [-0.3, -0.25) is 0 Å². The molecular formula is C13H26N2O3S. The lowest BCUT2D eigenvalue weighted by molar-refractivity contribution is 0.194. The number of hydrogen-bond donors (Lipinski definition) is 2. The Balaban J connectivity index is 1.90. The van der Waals surface area contributed by atoms with E-state index in [4.69, 9.17) is 0 Å². The van der Waals surface area contributed by atoms with Gasteiger partial charge in [-0.2, -0.15) is 12.7 Å². The van der Waals surface area contributed by atoms with E-state index in [0.29, 0.717) is 19.0 Å². The summed E-state index contributed by atoms with van der Waals surface area (Å²) in [5, 5.41) is 9.27. The van der Waals surface area contributed by atoms with E-state index in [1.54, 1.807) is 4.31 Å². The average molecular weight is 290 g/mol. The monoisotopic (exact) mass is 290 g/mol. The normalized spacial score (nSPS) is 33.7. The van der Waals surface area contributed by atoms with Crippen LogP contribution in [-0.4, -0.2) is 43.6 Å². The van der Waals surface area contributed by atoms with Crippen molar-refractivity contribution in [2.75, 3.05) is 19.7 Å². The van der Waals surface area contributed by atoms with Crippen molar-refractivity contribution in [3.63, 3.8) is 0 Å². The van der Waals surface area contributed by atoms with Gasteiger partial charge in [-0.15, -0.1) is 0 Å². The van der Waals surface area contributed by atoms with Crippen molar-refractivity contribution in [1.82, 2.24) is 9.03 Å². The largest absolute Gasteiger partial charge is 0.396 e. The number of aliphatic hydroxyl groups excluding tert-OH is 1. The number of hydrogen-bond acceptors (Lipinski definition) is 3. The molecule has 6 heteroatoms. The Bertz CT molecular complexity index is 385. The van der Waals surface area contributed by atoms with Crippen LogP contribution in [0.1, 0.15) is 45.4 Å². The van der Waals surface area contributed by atoms with Crippen molar-refractivity contribution < 1.29 is 13.5 Å². The molecule has 2 rings (SSSR count). The van der Waals surface area contributed by atoms with Crippen molar-refractivity contribution in [3.05, 3.63) is 0 Å². The van der Waals surface area contributed by atoms with E-state index < -0.39 is 10.2 Å². The molecule has 0 bridgehead atoms. The van der Waals surface area contributed by atoms with E-state index in [1.807, 2.05) is 6.92 Å². The number of nitrogens with one attached hydrogen (secondary N) is 1. The second-order valence-corrected chi connectivity index (χ2v) is 7.65. The van der Waals surface area contributed by atoms with E-state index in [2.05, 4.69) is 4.72 Å². The molecule has 3 unspecified atom stereocenters. The van der Waals surface area contributed by atoms with Crippen LogP contribution < -0.4 is 4.72 Å². The lowest BCUT2D eigenvalue weighted by Crippen LogP contribution is -2.49. The third-order valence-corrected chi connectivity index (χ3v) is 6.32. The molecule has 1 saturated heterocycles. The number of piperidine rings is 1. The third kappa shape index (κ3) is 3.68. The molecule has 0 amide bonds. The summed E-state index contributed by atoms with van der Waals surface area (Å²) >= 11 is 0. The number of nitrogens with zero attached hydrogens (tertiary/aromatic N) is 1. The Labute approximate surface area is 116 Å². The van der Waals surface area contributed by atoms with Crippen LogP contribution in [0.15, 0.2) is 0 Å². The molecule has 2 aliphatic rings. The Morgan fingerprint density at radius 3 is 2.58 bits per heavy atom. The van der Waals surface area contributed by atoms with E-state index in [1.165, 1.54) is 0 Å². The van der Waals surface area contributed by atoms with Crippen molar-refractivity contribution in [1.29, 1.82) is 0 Å². The maximum absolute atomic E-state index is 12.3. The van der Waals surface area contributed by atoms with E-state index in [0.717, 1.165) is 38.5 Å². The van der Waals surface area contributed by atoms with E-state index in [-0.39, 0.29) is 18.6 Å². The van der Waals surface area contributed by atoms with Gasteiger partial charge in [0.1, 0.15) is 0 Å². The molecule has 1 heterocycles. The van der Waals surface area contributed by atoms with Gasteiger partial charge in [-0.05, 0) is 44.4 Å². The molecule has 19 heavy (non-hydrogen) atoms. The molecular weight excluding hydrogens is 264 g/mol. The molecule has 0 aromatic carbocycles. The first-order chi connectivity index (χ1) is 9.04. The van der Waals surface area contributed by atoms with Crippen LogP contribution in [0.4, 0.5) is 0 Å². The van der Waals surface area contributed by atoms with Gasteiger partial charge in [0.25, 0.3) is 10.2 Å². The predicted molar refractivity (Wildman–Crippen MR) is 74.9 cm³/mol. The Morgan fingerprint density at radius 1 is 1.16 bits per heavy atom. The minimum Gasteiger partial charge on any atom is -0.396 e. The molecule has 2 N–H and O–H groups in total. The first-order valence-electron chi connectivity index (χ1n) is 7.42. The van der Waals surface area contributed by atoms with Gasteiger partial charge >= 0.3 is 0 Å². The predicted octanol–water partition coefficient (Wildman–Crippen LogP) is 1.10. The zero-order valence-electron chi connectivity index (χ0n) is 11.7. The lowest BCUT2D eigenvalue weighted by Gasteiger charge is -2.32. The van der Waals surface area contributed by atoms with Crippen molar-refractivity contribution in [2.45, 2.75) is 51.5 Å². The molecule has 0 aromatic heterocycles. The highest BCUT2D eigenvalue weighted by Crippen LogP contribution is 2.31. The van der Waals surface area contributed by atoms with E-state index in [9.17, 15) is 13.5 Å². The minimum absolute atomic E-state index is 0.100. The number of rotatable bonds is 5. The molecule has 2 fully saturated rings. The Kier molecular flexibility index (Phi) is 5.22. The Morgan fingerprint density at radius 2 is 1.89 bits per heavy atom. The zero-order valence-corrected chi connectivity index (χ0v) is 12.5. The fourth-order valence-corrected chi connectivity index (χ4v) is 4.89. The van der Waals surface area contributed by atoms with Crippen LogP contribution in [0.5, 0.6) is 0 Å². The molecule has 0 spiro atoms. The molecule has 112 valence electrons. The highest BCUT2D eigenvalue weighted by molar-refractivity contribution is 7.87. The summed E-state index contributed by atoms with van der Waals surface area (Å²) in [6.45, 7) is 3.25. The summed E-state index contributed by atoms with van der Waals surface area (Å²) in [7, 11) is -3.35. The van der Waals surface area contributed by atoms with Crippen LogP contribution in [0.2, 0.25) is 0 Å². The van der Waals surface area contributed by atoms with Crippen molar-refractivity contribution >= 4 is 10.2 Å². The summed E-state index contributed by atoms with van der Waals surface area (Å²) in [4.78, 5) is 0. The molecule has 1 saturated carbocycles. The highest BCUT2D eigenvalue weighted by atomic mass is 32.2. The zero-order chi connectivity index (χ0) is 13.9. The fraction of sp³-hybridized carbons (Fsp3) is 1.00. The topological polar surface area (TPSA) is 69.6 Å². The lowest BCUT2D eigenvalue weighted by atomic mass is 9.97. The van der Waals surface area contributed by atoms with Crippen LogP contribution >= 0.6 is 0 Å². The molecule has 1 aliphatic carbocycles. The summed E-state index contributed by atoms with van der Waals surface area (Å²) < 4.78 is 28.9. The van der Waals surface area contributed by atoms with Gasteiger partial charge in [-0.25, -0.2) is 4.72 Å². The molecule has 3 atom stereocenters. The fourth-order valence-electron chi connectivity index (χ4n) is 3.35. The summed E-state index contributed by atoms with van der Waals surface area (Å²) in [6.07, 6.45) is 6.14. The minimum atomic E-state index is -3.35. The highest BCUT2D eigenvalue weighted by Gasteiger charge is 2.32. The van der Waals surface area contributed by atoms with Crippen LogP contribution in [0.3, 0.4) is 0 Å². The maximum atomic E-state index is 12.3. The van der Waals surface area contributed by atoms with Gasteiger partial charge in [0.2, 0.25) is 0 Å². The van der Waals surface area contributed by atoms with Gasteiger partial charge in [0, 0.05) is 25.7 Å². The maximum Gasteiger partial charge on any atom is 0.279 e. The number of aliphatic hydroxyl groups is 1. The van der Waals surface area contributed by atoms with Crippen molar-refractivity contribution in [2.24, 2.45) is 11.8 Å². The van der Waals surface area contributed by atoms with Gasteiger partial charge in [0.05, 0.1) is 0 Å². The summed E-state index contributed by atoms with van der Waals surface area (Å²) in [6, 6.07) is 0.100. The van der Waals surface area contributed by atoms with Crippen LogP contribution in [0.25, 0.3) is 0 Å². The smallest absolute Gasteiger partial charge is 0.279 e. The first kappa shape index (κ1) is 15.2. The average Bonchev–Trinajstić information content (AvgIpc) is 2.84. The van der Waals surface area contributed by atoms with Crippen LogP contribution in [-0.2, 0) is 10.2 Å². The second kappa shape index (κ2) is 6.52. The third-order valence-electron chi connectivity index (χ3n) is 4.63. The molecule has 1 aliphatic heterocycles. The standard InChI is InChI=1S/C13H26N2O3S/c1-11-5-2-3-8-15(11)19(17,18)14-9-12-6-4-7-13(12)10-16/h11-14,16H,2-10H2,1H3. The van der Waals surface area contributed by atoms with Gasteiger partial charge in [0.15, 0.2) is 0 Å². The summed E-state index contributed by atoms with van der Waals surface area (Å²) in [5.74, 6) is 0.557. The Hall–Kier alpha value is -0.170.